The van der Waals surface area contributed by atoms with Gasteiger partial charge in [0.2, 0.25) is 5.91 Å². The minimum Gasteiger partial charge on any atom is -0.342 e. The fourth-order valence-corrected chi connectivity index (χ4v) is 2.42. The Balaban J connectivity index is 2.69. The van der Waals surface area contributed by atoms with Gasteiger partial charge in [-0.3, -0.25) is 4.79 Å². The summed E-state index contributed by atoms with van der Waals surface area (Å²) in [6.45, 7) is 5.67. The standard InChI is InChI=1S/C9H13Br2N3O/c1-3-13(4-2)9(15)6-14-8(11)5-7(10)12-14/h5H,3-4,6H2,1-2H3. The highest BCUT2D eigenvalue weighted by molar-refractivity contribution is 9.11. The average Bonchev–Trinajstić information content (AvgIpc) is 2.47. The van der Waals surface area contributed by atoms with E-state index in [0.717, 1.165) is 22.3 Å². The number of rotatable bonds is 4. The molecule has 0 atom stereocenters. The molecule has 0 bridgehead atoms. The summed E-state index contributed by atoms with van der Waals surface area (Å²) in [6, 6.07) is 1.81. The lowest BCUT2D eigenvalue weighted by Crippen LogP contribution is -2.33. The van der Waals surface area contributed by atoms with Crippen LogP contribution in [0.25, 0.3) is 0 Å². The Hall–Kier alpha value is -0.360. The zero-order valence-corrected chi connectivity index (χ0v) is 11.9. The highest BCUT2D eigenvalue weighted by Gasteiger charge is 2.12. The van der Waals surface area contributed by atoms with E-state index >= 15 is 0 Å². The van der Waals surface area contributed by atoms with Crippen LogP contribution < -0.4 is 0 Å². The first-order valence-electron chi connectivity index (χ1n) is 4.75. The van der Waals surface area contributed by atoms with Crippen molar-refractivity contribution in [3.63, 3.8) is 0 Å². The van der Waals surface area contributed by atoms with Gasteiger partial charge in [0, 0.05) is 19.2 Å². The van der Waals surface area contributed by atoms with Gasteiger partial charge in [-0.05, 0) is 45.7 Å². The molecule has 0 unspecified atom stereocenters. The SMILES string of the molecule is CCN(CC)C(=O)Cn1nc(Br)cc1Br. The van der Waals surface area contributed by atoms with E-state index in [-0.39, 0.29) is 12.5 Å². The fourth-order valence-electron chi connectivity index (χ4n) is 1.28. The molecular weight excluding hydrogens is 326 g/mol. The summed E-state index contributed by atoms with van der Waals surface area (Å²) in [6.07, 6.45) is 0. The Kier molecular flexibility index (Phi) is 4.79. The van der Waals surface area contributed by atoms with Crippen LogP contribution in [-0.4, -0.2) is 33.7 Å². The number of hydrogen-bond acceptors (Lipinski definition) is 2. The molecule has 0 saturated carbocycles. The molecule has 1 aromatic heterocycles. The molecule has 15 heavy (non-hydrogen) atoms. The third kappa shape index (κ3) is 3.31. The first-order chi connectivity index (χ1) is 7.08. The van der Waals surface area contributed by atoms with Crippen molar-refractivity contribution < 1.29 is 4.79 Å². The summed E-state index contributed by atoms with van der Waals surface area (Å²) in [7, 11) is 0. The number of aromatic nitrogens is 2. The first kappa shape index (κ1) is 12.7. The summed E-state index contributed by atoms with van der Waals surface area (Å²) < 4.78 is 3.15. The number of likely N-dealkylation sites (N-methyl/N-ethyl adjacent to an activating group) is 1. The Labute approximate surface area is 106 Å². The second-order valence-corrected chi connectivity index (χ2v) is 4.64. The van der Waals surface area contributed by atoms with Crippen LogP contribution in [0.4, 0.5) is 0 Å². The Morgan fingerprint density at radius 2 is 2.07 bits per heavy atom. The zero-order valence-electron chi connectivity index (χ0n) is 8.70. The molecule has 84 valence electrons. The molecular formula is C9H13Br2N3O. The van der Waals surface area contributed by atoms with E-state index in [1.54, 1.807) is 9.58 Å². The minimum absolute atomic E-state index is 0.0799. The topological polar surface area (TPSA) is 38.1 Å². The fraction of sp³-hybridized carbons (Fsp3) is 0.556. The number of nitrogens with zero attached hydrogens (tertiary/aromatic N) is 3. The molecule has 1 aromatic rings. The smallest absolute Gasteiger partial charge is 0.244 e. The van der Waals surface area contributed by atoms with Gasteiger partial charge in [0.05, 0.1) is 0 Å². The lowest BCUT2D eigenvalue weighted by molar-refractivity contribution is -0.131. The lowest BCUT2D eigenvalue weighted by atomic mass is 10.4. The lowest BCUT2D eigenvalue weighted by Gasteiger charge is -2.18. The number of halogens is 2. The van der Waals surface area contributed by atoms with Crippen LogP contribution in [0.2, 0.25) is 0 Å². The van der Waals surface area contributed by atoms with E-state index < -0.39 is 0 Å². The van der Waals surface area contributed by atoms with Crippen molar-refractivity contribution in [3.8, 4) is 0 Å². The van der Waals surface area contributed by atoms with E-state index in [1.165, 1.54) is 0 Å². The number of carbonyl (C=O) groups is 1. The molecule has 0 aliphatic rings. The maximum absolute atomic E-state index is 11.8. The minimum atomic E-state index is 0.0799. The van der Waals surface area contributed by atoms with Gasteiger partial charge in [-0.25, -0.2) is 4.68 Å². The van der Waals surface area contributed by atoms with Crippen molar-refractivity contribution in [2.75, 3.05) is 13.1 Å². The van der Waals surface area contributed by atoms with Crippen molar-refractivity contribution in [3.05, 3.63) is 15.3 Å². The van der Waals surface area contributed by atoms with E-state index in [9.17, 15) is 4.79 Å². The predicted octanol–water partition coefficient (Wildman–Crippen LogP) is 2.28. The van der Waals surface area contributed by atoms with Crippen LogP contribution in [0.1, 0.15) is 13.8 Å². The summed E-state index contributed by atoms with van der Waals surface area (Å²) in [5.74, 6) is 0.0799. The van der Waals surface area contributed by atoms with Crippen molar-refractivity contribution in [2.45, 2.75) is 20.4 Å². The maximum Gasteiger partial charge on any atom is 0.244 e. The normalized spacial score (nSPS) is 10.4. The molecule has 1 amide bonds. The largest absolute Gasteiger partial charge is 0.342 e. The summed E-state index contributed by atoms with van der Waals surface area (Å²) >= 11 is 6.60. The van der Waals surface area contributed by atoms with E-state index in [0.29, 0.717) is 0 Å². The molecule has 0 aliphatic carbocycles. The van der Waals surface area contributed by atoms with Crippen LogP contribution in [0.3, 0.4) is 0 Å². The second kappa shape index (κ2) is 5.65. The monoisotopic (exact) mass is 337 g/mol. The molecule has 0 aromatic carbocycles. The highest BCUT2D eigenvalue weighted by atomic mass is 79.9. The van der Waals surface area contributed by atoms with Crippen LogP contribution in [0, 0.1) is 0 Å². The maximum atomic E-state index is 11.8. The molecule has 0 radical (unpaired) electrons. The van der Waals surface area contributed by atoms with Crippen LogP contribution in [-0.2, 0) is 11.3 Å². The van der Waals surface area contributed by atoms with E-state index in [4.69, 9.17) is 0 Å². The zero-order chi connectivity index (χ0) is 11.4. The summed E-state index contributed by atoms with van der Waals surface area (Å²) in [5.41, 5.74) is 0. The second-order valence-electron chi connectivity index (χ2n) is 3.01. The van der Waals surface area contributed by atoms with Gasteiger partial charge < -0.3 is 4.90 Å². The molecule has 1 rings (SSSR count). The molecule has 1 heterocycles. The van der Waals surface area contributed by atoms with Crippen molar-refractivity contribution in [2.24, 2.45) is 0 Å². The van der Waals surface area contributed by atoms with Crippen LogP contribution in [0.5, 0.6) is 0 Å². The summed E-state index contributed by atoms with van der Waals surface area (Å²) in [4.78, 5) is 13.5. The number of amides is 1. The molecule has 6 heteroatoms. The molecule has 0 spiro atoms. The molecule has 0 fully saturated rings. The van der Waals surface area contributed by atoms with Gasteiger partial charge >= 0.3 is 0 Å². The Bertz CT molecular complexity index is 347. The molecule has 0 saturated heterocycles. The van der Waals surface area contributed by atoms with Gasteiger partial charge in [0.25, 0.3) is 0 Å². The van der Waals surface area contributed by atoms with Gasteiger partial charge in [0.15, 0.2) is 0 Å². The van der Waals surface area contributed by atoms with Crippen molar-refractivity contribution >= 4 is 37.8 Å². The molecule has 0 N–H and O–H groups in total. The Morgan fingerprint density at radius 3 is 2.47 bits per heavy atom. The van der Waals surface area contributed by atoms with Crippen LogP contribution in [0.15, 0.2) is 15.3 Å². The van der Waals surface area contributed by atoms with Crippen molar-refractivity contribution in [1.82, 2.24) is 14.7 Å². The third-order valence-electron chi connectivity index (χ3n) is 2.10. The quantitative estimate of drug-likeness (QED) is 0.844. The van der Waals surface area contributed by atoms with Gasteiger partial charge in [-0.2, -0.15) is 5.10 Å². The first-order valence-corrected chi connectivity index (χ1v) is 6.33. The number of hydrogen-bond donors (Lipinski definition) is 0. The average molecular weight is 339 g/mol. The van der Waals surface area contributed by atoms with Crippen LogP contribution >= 0.6 is 31.9 Å². The van der Waals surface area contributed by atoms with E-state index in [1.807, 2.05) is 19.9 Å². The predicted molar refractivity (Wildman–Crippen MR) is 65.6 cm³/mol. The van der Waals surface area contributed by atoms with Gasteiger partial charge in [-0.1, -0.05) is 0 Å². The van der Waals surface area contributed by atoms with Gasteiger partial charge in [-0.15, -0.1) is 0 Å². The van der Waals surface area contributed by atoms with Crippen molar-refractivity contribution in [1.29, 1.82) is 0 Å². The van der Waals surface area contributed by atoms with Gasteiger partial charge in [0.1, 0.15) is 15.8 Å². The molecule has 4 nitrogen and oxygen atoms in total. The summed E-state index contributed by atoms with van der Waals surface area (Å²) in [5, 5.41) is 4.14. The third-order valence-corrected chi connectivity index (χ3v) is 3.13. The Morgan fingerprint density at radius 1 is 1.47 bits per heavy atom. The highest BCUT2D eigenvalue weighted by Crippen LogP contribution is 2.16. The molecule has 0 aliphatic heterocycles. The number of carbonyl (C=O) groups excluding carboxylic acids is 1. The van der Waals surface area contributed by atoms with E-state index in [2.05, 4.69) is 37.0 Å².